The predicted octanol–water partition coefficient (Wildman–Crippen LogP) is 3.38. The number of nitrogens with zero attached hydrogens (tertiary/aromatic N) is 1. The van der Waals surface area contributed by atoms with Gasteiger partial charge in [0.25, 0.3) is 5.91 Å². The number of hydrogen-bond donors (Lipinski definition) is 1. The van der Waals surface area contributed by atoms with Gasteiger partial charge in [-0.3, -0.25) is 9.10 Å². The molecule has 24 heavy (non-hydrogen) atoms. The van der Waals surface area contributed by atoms with Crippen LogP contribution in [-0.4, -0.2) is 26.6 Å². The van der Waals surface area contributed by atoms with Crippen LogP contribution in [0, 0.1) is 5.82 Å². The van der Waals surface area contributed by atoms with Crippen molar-refractivity contribution in [1.29, 1.82) is 0 Å². The maximum atomic E-state index is 13.1. The van der Waals surface area contributed by atoms with Gasteiger partial charge in [-0.05, 0) is 64.8 Å². The van der Waals surface area contributed by atoms with Crippen LogP contribution in [0.2, 0.25) is 0 Å². The van der Waals surface area contributed by atoms with Crippen LogP contribution in [0.5, 0.6) is 0 Å². The number of hydrogen-bond acceptors (Lipinski definition) is 3. The Morgan fingerprint density at radius 2 is 1.88 bits per heavy atom. The summed E-state index contributed by atoms with van der Waals surface area (Å²) in [7, 11) is -3.24. The summed E-state index contributed by atoms with van der Waals surface area (Å²) in [5.41, 5.74) is 1.38. The first-order valence-corrected chi connectivity index (χ1v) is 9.64. The Bertz CT molecular complexity index is 885. The normalized spacial score (nSPS) is 16.2. The lowest BCUT2D eigenvalue weighted by Crippen LogP contribution is -2.25. The molecule has 0 unspecified atom stereocenters. The third-order valence-corrected chi connectivity index (χ3v) is 6.22. The van der Waals surface area contributed by atoms with Gasteiger partial charge in [-0.15, -0.1) is 0 Å². The van der Waals surface area contributed by atoms with Gasteiger partial charge in [0.05, 0.1) is 17.1 Å². The molecule has 3 rings (SSSR count). The number of halogens is 2. The Kier molecular flexibility index (Phi) is 4.60. The lowest BCUT2D eigenvalue weighted by Gasteiger charge is -2.17. The Hall–Kier alpha value is -1.93. The van der Waals surface area contributed by atoms with Crippen molar-refractivity contribution >= 4 is 43.2 Å². The minimum atomic E-state index is -3.24. The Morgan fingerprint density at radius 1 is 1.17 bits per heavy atom. The maximum Gasteiger partial charge on any atom is 0.255 e. The largest absolute Gasteiger partial charge is 0.321 e. The molecule has 1 fully saturated rings. The molecule has 1 saturated heterocycles. The Morgan fingerprint density at radius 3 is 2.46 bits per heavy atom. The minimum Gasteiger partial charge on any atom is -0.321 e. The fourth-order valence-corrected chi connectivity index (χ4v) is 4.51. The van der Waals surface area contributed by atoms with Crippen molar-refractivity contribution < 1.29 is 17.6 Å². The molecule has 0 atom stereocenters. The number of sulfonamides is 1. The minimum absolute atomic E-state index is 0.147. The van der Waals surface area contributed by atoms with Crippen LogP contribution in [-0.2, 0) is 10.0 Å². The zero-order valence-electron chi connectivity index (χ0n) is 12.5. The second-order valence-electron chi connectivity index (χ2n) is 5.37. The van der Waals surface area contributed by atoms with E-state index in [1.54, 1.807) is 24.3 Å². The Labute approximate surface area is 147 Å². The number of carbonyl (C=O) groups excluding carboxylic acids is 1. The molecule has 0 aromatic heterocycles. The molecule has 126 valence electrons. The summed E-state index contributed by atoms with van der Waals surface area (Å²) in [6, 6.07) is 10.3. The molecule has 2 aromatic rings. The van der Waals surface area contributed by atoms with Crippen molar-refractivity contribution in [1.82, 2.24) is 0 Å². The average molecular weight is 413 g/mol. The van der Waals surface area contributed by atoms with Gasteiger partial charge in [-0.25, -0.2) is 12.8 Å². The second kappa shape index (κ2) is 6.52. The maximum absolute atomic E-state index is 13.1. The van der Waals surface area contributed by atoms with Crippen LogP contribution >= 0.6 is 15.9 Å². The van der Waals surface area contributed by atoms with Gasteiger partial charge in [-0.2, -0.15) is 0 Å². The number of nitrogens with one attached hydrogen (secondary N) is 1. The van der Waals surface area contributed by atoms with Gasteiger partial charge in [-0.1, -0.05) is 0 Å². The molecule has 0 aliphatic carbocycles. The van der Waals surface area contributed by atoms with Crippen molar-refractivity contribution in [3.63, 3.8) is 0 Å². The van der Waals surface area contributed by atoms with Crippen LogP contribution in [0.1, 0.15) is 16.8 Å². The predicted molar refractivity (Wildman–Crippen MR) is 94.2 cm³/mol. The summed E-state index contributed by atoms with van der Waals surface area (Å²) < 4.78 is 38.7. The smallest absolute Gasteiger partial charge is 0.255 e. The summed E-state index contributed by atoms with van der Waals surface area (Å²) in [5, 5.41) is 2.67. The summed E-state index contributed by atoms with van der Waals surface area (Å²) in [6.45, 7) is 0.455. The van der Waals surface area contributed by atoms with E-state index < -0.39 is 15.8 Å². The molecule has 0 radical (unpaired) electrons. The first-order valence-electron chi connectivity index (χ1n) is 7.24. The number of rotatable bonds is 3. The molecule has 2 aromatic carbocycles. The van der Waals surface area contributed by atoms with E-state index in [0.717, 1.165) is 0 Å². The lowest BCUT2D eigenvalue weighted by molar-refractivity contribution is 0.102. The third kappa shape index (κ3) is 3.44. The number of carbonyl (C=O) groups is 1. The SMILES string of the molecule is O=C(Nc1ccc(F)cc1Br)c1ccc(N2CCCS2(=O)=O)cc1. The zero-order chi connectivity index (χ0) is 17.3. The average Bonchev–Trinajstić information content (AvgIpc) is 2.89. The Balaban J connectivity index is 1.77. The molecule has 1 heterocycles. The molecule has 0 bridgehead atoms. The molecule has 0 spiro atoms. The van der Waals surface area contributed by atoms with Crippen LogP contribution in [0.4, 0.5) is 15.8 Å². The first-order chi connectivity index (χ1) is 11.4. The van der Waals surface area contributed by atoms with Crippen molar-refractivity contribution in [2.24, 2.45) is 0 Å². The van der Waals surface area contributed by atoms with Gasteiger partial charge in [0, 0.05) is 16.6 Å². The van der Waals surface area contributed by atoms with E-state index >= 15 is 0 Å². The number of benzene rings is 2. The van der Waals surface area contributed by atoms with E-state index in [4.69, 9.17) is 0 Å². The molecule has 1 aliphatic rings. The lowest BCUT2D eigenvalue weighted by atomic mass is 10.2. The zero-order valence-corrected chi connectivity index (χ0v) is 14.9. The summed E-state index contributed by atoms with van der Waals surface area (Å²) in [4.78, 5) is 12.3. The molecule has 0 saturated carbocycles. The third-order valence-electron chi connectivity index (χ3n) is 3.70. The van der Waals surface area contributed by atoms with Gasteiger partial charge in [0.15, 0.2) is 0 Å². The van der Waals surface area contributed by atoms with Crippen LogP contribution in [0.15, 0.2) is 46.9 Å². The topological polar surface area (TPSA) is 66.5 Å². The summed E-state index contributed by atoms with van der Waals surface area (Å²) in [6.07, 6.45) is 0.600. The summed E-state index contributed by atoms with van der Waals surface area (Å²) in [5.74, 6) is -0.623. The van der Waals surface area contributed by atoms with Gasteiger partial charge in [0.1, 0.15) is 5.82 Å². The highest BCUT2D eigenvalue weighted by molar-refractivity contribution is 9.10. The van der Waals surface area contributed by atoms with Gasteiger partial charge >= 0.3 is 0 Å². The molecular formula is C16H14BrFN2O3S. The fourth-order valence-electron chi connectivity index (χ4n) is 2.49. The number of amides is 1. The fraction of sp³-hybridized carbons (Fsp3) is 0.188. The van der Waals surface area contributed by atoms with E-state index in [1.807, 2.05) is 0 Å². The molecule has 8 heteroatoms. The van der Waals surface area contributed by atoms with Crippen LogP contribution in [0.3, 0.4) is 0 Å². The van der Waals surface area contributed by atoms with E-state index in [9.17, 15) is 17.6 Å². The van der Waals surface area contributed by atoms with Crippen LogP contribution < -0.4 is 9.62 Å². The quantitative estimate of drug-likeness (QED) is 0.839. The highest BCUT2D eigenvalue weighted by atomic mass is 79.9. The second-order valence-corrected chi connectivity index (χ2v) is 8.23. The van der Waals surface area contributed by atoms with E-state index in [1.165, 1.54) is 22.5 Å². The highest BCUT2D eigenvalue weighted by Crippen LogP contribution is 2.26. The van der Waals surface area contributed by atoms with Crippen molar-refractivity contribution in [2.75, 3.05) is 21.9 Å². The molecule has 1 amide bonds. The monoisotopic (exact) mass is 412 g/mol. The van der Waals surface area contributed by atoms with E-state index in [-0.39, 0.29) is 11.7 Å². The molecule has 1 aliphatic heterocycles. The summed E-state index contributed by atoms with van der Waals surface area (Å²) >= 11 is 3.19. The molecular weight excluding hydrogens is 399 g/mol. The van der Waals surface area contributed by atoms with Crippen molar-refractivity contribution in [2.45, 2.75) is 6.42 Å². The van der Waals surface area contributed by atoms with Crippen molar-refractivity contribution in [3.05, 3.63) is 58.3 Å². The number of anilines is 2. The molecule has 1 N–H and O–H groups in total. The highest BCUT2D eigenvalue weighted by Gasteiger charge is 2.28. The van der Waals surface area contributed by atoms with Gasteiger partial charge < -0.3 is 5.32 Å². The van der Waals surface area contributed by atoms with E-state index in [2.05, 4.69) is 21.2 Å². The standard InChI is InChI=1S/C16H14BrFN2O3S/c17-14-10-12(18)4-7-15(14)19-16(21)11-2-5-13(6-3-11)20-8-1-9-24(20,22)23/h2-7,10H,1,8-9H2,(H,19,21). The van der Waals surface area contributed by atoms with Crippen molar-refractivity contribution in [3.8, 4) is 0 Å². The van der Waals surface area contributed by atoms with Crippen LogP contribution in [0.25, 0.3) is 0 Å². The van der Waals surface area contributed by atoms with Gasteiger partial charge in [0.2, 0.25) is 10.0 Å². The molecule has 5 nitrogen and oxygen atoms in total. The van der Waals surface area contributed by atoms with E-state index in [0.29, 0.717) is 34.4 Å². The first kappa shape index (κ1) is 16.9.